The third-order valence-corrected chi connectivity index (χ3v) is 5.64. The van der Waals surface area contributed by atoms with Gasteiger partial charge in [-0.15, -0.1) is 0 Å². The molecule has 1 amide bonds. The Morgan fingerprint density at radius 2 is 1.97 bits per heavy atom. The van der Waals surface area contributed by atoms with Gasteiger partial charge in [0.15, 0.2) is 5.65 Å². The fourth-order valence-corrected chi connectivity index (χ4v) is 4.15. The monoisotopic (exact) mass is 474 g/mol. The number of pyridine rings is 1. The van der Waals surface area contributed by atoms with Crippen molar-refractivity contribution in [3.05, 3.63) is 95.3 Å². The molecule has 2 aromatic carbocycles. The van der Waals surface area contributed by atoms with Crippen LogP contribution in [0.5, 0.6) is 0 Å². The van der Waals surface area contributed by atoms with Crippen LogP contribution in [-0.2, 0) is 17.9 Å². The molecule has 7 nitrogen and oxygen atoms in total. The number of nitrogens with one attached hydrogen (secondary N) is 1. The van der Waals surface area contributed by atoms with E-state index in [1.807, 2.05) is 37.3 Å². The number of halogens is 2. The minimum atomic E-state index is -0.297. The second-order valence-electron chi connectivity index (χ2n) is 7.91. The van der Waals surface area contributed by atoms with Crippen molar-refractivity contribution < 1.29 is 9.18 Å². The zero-order valence-electron chi connectivity index (χ0n) is 18.2. The van der Waals surface area contributed by atoms with Crippen molar-refractivity contribution in [1.82, 2.24) is 24.5 Å². The van der Waals surface area contributed by atoms with Crippen LogP contribution in [0, 0.1) is 12.7 Å². The highest BCUT2D eigenvalue weighted by molar-refractivity contribution is 6.30. The van der Waals surface area contributed by atoms with Gasteiger partial charge in [0, 0.05) is 22.8 Å². The zero-order chi connectivity index (χ0) is 23.7. The molecule has 5 rings (SSSR count). The van der Waals surface area contributed by atoms with Gasteiger partial charge in [0.05, 0.1) is 24.1 Å². The molecule has 0 unspecified atom stereocenters. The van der Waals surface area contributed by atoms with Gasteiger partial charge >= 0.3 is 0 Å². The number of anilines is 1. The summed E-state index contributed by atoms with van der Waals surface area (Å²) in [6.07, 6.45) is 5.02. The van der Waals surface area contributed by atoms with E-state index in [-0.39, 0.29) is 18.3 Å². The number of hydrogen-bond acceptors (Lipinski definition) is 4. The van der Waals surface area contributed by atoms with E-state index in [4.69, 9.17) is 11.6 Å². The van der Waals surface area contributed by atoms with Crippen molar-refractivity contribution in [2.24, 2.45) is 0 Å². The molecule has 0 saturated heterocycles. The maximum atomic E-state index is 13.4. The highest BCUT2D eigenvalue weighted by Crippen LogP contribution is 2.30. The molecule has 0 aliphatic carbocycles. The van der Waals surface area contributed by atoms with Crippen molar-refractivity contribution >= 4 is 34.2 Å². The summed E-state index contributed by atoms with van der Waals surface area (Å²) < 4.78 is 16.7. The number of rotatable bonds is 6. The van der Waals surface area contributed by atoms with Crippen molar-refractivity contribution in [1.29, 1.82) is 0 Å². The minimum absolute atomic E-state index is 0.0102. The van der Waals surface area contributed by atoms with E-state index in [2.05, 4.69) is 20.5 Å². The SMILES string of the molecule is Cc1nn(CC(=O)Nc2cnn(Cc3cccc(Cl)c3)c2)c2nccc(-c3ccc(F)cc3)c12. The first-order valence-corrected chi connectivity index (χ1v) is 11.0. The number of aromatic nitrogens is 5. The summed E-state index contributed by atoms with van der Waals surface area (Å²) in [5.74, 6) is -0.547. The van der Waals surface area contributed by atoms with Gasteiger partial charge in [-0.25, -0.2) is 14.1 Å². The summed E-state index contributed by atoms with van der Waals surface area (Å²) in [5, 5.41) is 13.2. The largest absolute Gasteiger partial charge is 0.322 e. The molecule has 34 heavy (non-hydrogen) atoms. The second kappa shape index (κ2) is 9.07. The van der Waals surface area contributed by atoms with Crippen molar-refractivity contribution in [3.63, 3.8) is 0 Å². The maximum Gasteiger partial charge on any atom is 0.246 e. The quantitative estimate of drug-likeness (QED) is 0.372. The standard InChI is InChI=1S/C25H20ClFN6O/c1-16-24-22(18-5-7-20(27)8-6-18)9-10-28-25(24)33(31-16)15-23(34)30-21-12-29-32(14-21)13-17-3-2-4-19(26)11-17/h2-12,14H,13,15H2,1H3,(H,30,34). The number of fused-ring (bicyclic) bond motifs is 1. The number of amides is 1. The smallest absolute Gasteiger partial charge is 0.246 e. The predicted molar refractivity (Wildman–Crippen MR) is 129 cm³/mol. The van der Waals surface area contributed by atoms with Gasteiger partial charge in [-0.1, -0.05) is 35.9 Å². The lowest BCUT2D eigenvalue weighted by Crippen LogP contribution is -2.19. The van der Waals surface area contributed by atoms with Gasteiger partial charge in [0.25, 0.3) is 0 Å². The Bertz CT molecular complexity index is 1490. The highest BCUT2D eigenvalue weighted by Gasteiger charge is 2.16. The molecule has 0 atom stereocenters. The first kappa shape index (κ1) is 21.8. The fourth-order valence-electron chi connectivity index (χ4n) is 3.94. The van der Waals surface area contributed by atoms with E-state index >= 15 is 0 Å². The number of nitrogens with zero attached hydrogens (tertiary/aromatic N) is 5. The Balaban J connectivity index is 1.33. The van der Waals surface area contributed by atoms with Gasteiger partial charge in [-0.2, -0.15) is 10.2 Å². The van der Waals surface area contributed by atoms with E-state index in [1.165, 1.54) is 12.1 Å². The normalized spacial score (nSPS) is 11.1. The summed E-state index contributed by atoms with van der Waals surface area (Å²) in [6, 6.07) is 15.7. The van der Waals surface area contributed by atoms with Crippen LogP contribution in [0.3, 0.4) is 0 Å². The molecule has 0 aliphatic heterocycles. The summed E-state index contributed by atoms with van der Waals surface area (Å²) >= 11 is 6.04. The van der Waals surface area contributed by atoms with E-state index in [0.717, 1.165) is 27.8 Å². The molecule has 0 spiro atoms. The molecule has 0 fully saturated rings. The number of hydrogen-bond donors (Lipinski definition) is 1. The van der Waals surface area contributed by atoms with E-state index in [1.54, 1.807) is 40.1 Å². The Morgan fingerprint density at radius 3 is 2.76 bits per heavy atom. The minimum Gasteiger partial charge on any atom is -0.322 e. The summed E-state index contributed by atoms with van der Waals surface area (Å²) in [7, 11) is 0. The van der Waals surface area contributed by atoms with Crippen molar-refractivity contribution in [3.8, 4) is 11.1 Å². The lowest BCUT2D eigenvalue weighted by atomic mass is 10.0. The molecule has 0 aliphatic rings. The Kier molecular flexibility index (Phi) is 5.81. The zero-order valence-corrected chi connectivity index (χ0v) is 19.0. The Hall–Kier alpha value is -4.04. The second-order valence-corrected chi connectivity index (χ2v) is 8.35. The Morgan fingerprint density at radius 1 is 1.15 bits per heavy atom. The molecule has 3 aromatic heterocycles. The van der Waals surface area contributed by atoms with E-state index in [9.17, 15) is 9.18 Å². The Labute approximate surface area is 199 Å². The van der Waals surface area contributed by atoms with Crippen LogP contribution in [0.2, 0.25) is 5.02 Å². The topological polar surface area (TPSA) is 77.6 Å². The van der Waals surface area contributed by atoms with Crippen LogP contribution in [-0.4, -0.2) is 30.5 Å². The van der Waals surface area contributed by atoms with Gasteiger partial charge < -0.3 is 5.32 Å². The van der Waals surface area contributed by atoms with Crippen molar-refractivity contribution in [2.45, 2.75) is 20.0 Å². The number of carbonyl (C=O) groups is 1. The number of carbonyl (C=O) groups excluding carboxylic acids is 1. The summed E-state index contributed by atoms with van der Waals surface area (Å²) in [5.41, 5.74) is 4.66. The molecule has 0 radical (unpaired) electrons. The molecule has 9 heteroatoms. The molecule has 170 valence electrons. The molecule has 5 aromatic rings. The van der Waals surface area contributed by atoms with Crippen LogP contribution < -0.4 is 5.32 Å². The van der Waals surface area contributed by atoms with E-state index in [0.29, 0.717) is 22.9 Å². The fraction of sp³-hybridized carbons (Fsp3) is 0.120. The third kappa shape index (κ3) is 4.53. The lowest BCUT2D eigenvalue weighted by Gasteiger charge is -2.06. The molecule has 3 heterocycles. The molecular weight excluding hydrogens is 455 g/mol. The average Bonchev–Trinajstić information content (AvgIpc) is 3.38. The molecular formula is C25H20ClFN6O. The third-order valence-electron chi connectivity index (χ3n) is 5.41. The van der Waals surface area contributed by atoms with Crippen molar-refractivity contribution in [2.75, 3.05) is 5.32 Å². The molecule has 1 N–H and O–H groups in total. The van der Waals surface area contributed by atoms with Crippen LogP contribution in [0.4, 0.5) is 10.1 Å². The van der Waals surface area contributed by atoms with E-state index < -0.39 is 0 Å². The number of benzene rings is 2. The molecule has 0 bridgehead atoms. The predicted octanol–water partition coefficient (Wildman–Crippen LogP) is 5.08. The first-order valence-electron chi connectivity index (χ1n) is 10.6. The average molecular weight is 475 g/mol. The summed E-state index contributed by atoms with van der Waals surface area (Å²) in [4.78, 5) is 17.2. The van der Waals surface area contributed by atoms with Gasteiger partial charge in [0.1, 0.15) is 12.4 Å². The summed E-state index contributed by atoms with van der Waals surface area (Å²) in [6.45, 7) is 2.39. The first-order chi connectivity index (χ1) is 16.5. The van der Waals surface area contributed by atoms with Gasteiger partial charge in [-0.3, -0.25) is 9.48 Å². The van der Waals surface area contributed by atoms with Crippen LogP contribution >= 0.6 is 11.6 Å². The lowest BCUT2D eigenvalue weighted by molar-refractivity contribution is -0.116. The van der Waals surface area contributed by atoms with Crippen LogP contribution in [0.25, 0.3) is 22.2 Å². The van der Waals surface area contributed by atoms with Gasteiger partial charge in [0.2, 0.25) is 5.91 Å². The van der Waals surface area contributed by atoms with Gasteiger partial charge in [-0.05, 0) is 53.9 Å². The maximum absolute atomic E-state index is 13.4. The number of aryl methyl sites for hydroxylation is 1. The van der Waals surface area contributed by atoms with Crippen LogP contribution in [0.1, 0.15) is 11.3 Å². The molecule has 0 saturated carbocycles. The highest BCUT2D eigenvalue weighted by atomic mass is 35.5. The van der Waals surface area contributed by atoms with Crippen LogP contribution in [0.15, 0.2) is 73.2 Å².